The van der Waals surface area contributed by atoms with Crippen LogP contribution in [0.15, 0.2) is 168 Å². The van der Waals surface area contributed by atoms with Crippen molar-refractivity contribution in [1.29, 1.82) is 0 Å². The maximum absolute atomic E-state index is 12.5. The van der Waals surface area contributed by atoms with E-state index in [0.29, 0.717) is 22.4 Å². The number of nitrogens with zero attached hydrogens (tertiary/aromatic N) is 6. The summed E-state index contributed by atoms with van der Waals surface area (Å²) in [5, 5.41) is 46.3. The molecule has 0 unspecified atom stereocenters. The van der Waals surface area contributed by atoms with Crippen LogP contribution >= 0.6 is 0 Å². The Bertz CT molecular complexity index is 2930. The van der Waals surface area contributed by atoms with Gasteiger partial charge in [0.2, 0.25) is 0 Å². The number of aromatic hydroxyl groups is 2. The Morgan fingerprint density at radius 3 is 1.53 bits per heavy atom. The minimum absolute atomic E-state index is 0.127. The van der Waals surface area contributed by atoms with Crippen LogP contribution < -0.4 is 5.73 Å². The Balaban J connectivity index is 1.23. The molecular weight excluding hydrogens is 747 g/mol. The minimum Gasteiger partial charge on any atom is -0.508 e. The second kappa shape index (κ2) is 14.5. The molecule has 6 N–H and O–H groups in total. The van der Waals surface area contributed by atoms with Crippen LogP contribution in [0.1, 0.15) is 0 Å². The zero-order valence-electron chi connectivity index (χ0n) is 28.1. The first kappa shape index (κ1) is 36.4. The van der Waals surface area contributed by atoms with Crippen molar-refractivity contribution in [3.05, 3.63) is 127 Å². The van der Waals surface area contributed by atoms with E-state index in [1.165, 1.54) is 12.1 Å². The van der Waals surface area contributed by atoms with Crippen molar-refractivity contribution in [2.45, 2.75) is 9.79 Å². The first-order valence-corrected chi connectivity index (χ1v) is 18.9. The number of azo groups is 3. The zero-order chi connectivity index (χ0) is 38.9. The van der Waals surface area contributed by atoms with Crippen LogP contribution in [0.25, 0.3) is 32.7 Å². The molecule has 0 aliphatic carbocycles. The third kappa shape index (κ3) is 7.75. The molecule has 274 valence electrons. The summed E-state index contributed by atoms with van der Waals surface area (Å²) in [6, 6.07) is 34.2. The largest absolute Gasteiger partial charge is 0.508 e. The predicted octanol–water partition coefficient (Wildman–Crippen LogP) is 10.4. The lowest BCUT2D eigenvalue weighted by Crippen LogP contribution is -2.03. The number of benzene rings is 7. The number of hydrogen-bond donors (Lipinski definition) is 5. The van der Waals surface area contributed by atoms with Crippen LogP contribution in [-0.4, -0.2) is 36.2 Å². The summed E-state index contributed by atoms with van der Waals surface area (Å²) >= 11 is 0. The Hall–Kier alpha value is -6.92. The quantitative estimate of drug-likeness (QED) is 0.0530. The number of nitrogen functional groups attached to an aromatic ring is 1. The summed E-state index contributed by atoms with van der Waals surface area (Å²) in [6.45, 7) is 0. The van der Waals surface area contributed by atoms with Gasteiger partial charge in [-0.1, -0.05) is 60.7 Å². The molecular formula is C38H27N7O8S2. The highest BCUT2D eigenvalue weighted by Crippen LogP contribution is 2.48. The van der Waals surface area contributed by atoms with Gasteiger partial charge in [0.1, 0.15) is 26.9 Å². The molecule has 0 heterocycles. The van der Waals surface area contributed by atoms with E-state index in [1.807, 2.05) is 30.3 Å². The molecule has 0 saturated heterocycles. The van der Waals surface area contributed by atoms with E-state index in [1.54, 1.807) is 72.8 Å². The van der Waals surface area contributed by atoms with Gasteiger partial charge in [-0.2, -0.15) is 32.2 Å². The number of phenols is 2. The molecule has 0 fully saturated rings. The summed E-state index contributed by atoms with van der Waals surface area (Å²) < 4.78 is 70.2. The number of fused-ring (bicyclic) bond motifs is 2. The van der Waals surface area contributed by atoms with E-state index in [0.717, 1.165) is 28.6 Å². The van der Waals surface area contributed by atoms with Gasteiger partial charge >= 0.3 is 0 Å². The van der Waals surface area contributed by atoms with Gasteiger partial charge in [0.25, 0.3) is 20.2 Å². The monoisotopic (exact) mass is 773 g/mol. The number of phenolic OH excluding ortho intramolecular Hbond substituents is 2. The molecule has 17 heteroatoms. The molecule has 7 aromatic rings. The summed E-state index contributed by atoms with van der Waals surface area (Å²) in [6.07, 6.45) is 0. The number of hydrogen-bond acceptors (Lipinski definition) is 13. The first-order valence-electron chi connectivity index (χ1n) is 16.1. The highest BCUT2D eigenvalue weighted by molar-refractivity contribution is 7.86. The van der Waals surface area contributed by atoms with Gasteiger partial charge < -0.3 is 15.9 Å². The lowest BCUT2D eigenvalue weighted by Gasteiger charge is -2.14. The summed E-state index contributed by atoms with van der Waals surface area (Å²) in [7, 11) is -10.1. The van der Waals surface area contributed by atoms with Crippen LogP contribution in [0.5, 0.6) is 11.5 Å². The van der Waals surface area contributed by atoms with Gasteiger partial charge in [-0.25, -0.2) is 0 Å². The second-order valence-electron chi connectivity index (χ2n) is 12.0. The van der Waals surface area contributed by atoms with Crippen molar-refractivity contribution in [2.24, 2.45) is 30.7 Å². The van der Waals surface area contributed by atoms with Crippen molar-refractivity contribution in [3.8, 4) is 22.6 Å². The summed E-state index contributed by atoms with van der Waals surface area (Å²) in [5.74, 6) is -0.732. The maximum atomic E-state index is 12.5. The van der Waals surface area contributed by atoms with E-state index in [-0.39, 0.29) is 22.2 Å². The lowest BCUT2D eigenvalue weighted by molar-refractivity contribution is 0.472. The highest BCUT2D eigenvalue weighted by atomic mass is 32.2. The first-order chi connectivity index (χ1) is 26.3. The Labute approximate surface area is 313 Å². The third-order valence-electron chi connectivity index (χ3n) is 8.36. The molecule has 0 aliphatic heterocycles. The van der Waals surface area contributed by atoms with E-state index in [9.17, 15) is 36.2 Å². The van der Waals surface area contributed by atoms with Crippen molar-refractivity contribution < 1.29 is 36.2 Å². The molecule has 0 bridgehead atoms. The zero-order valence-corrected chi connectivity index (χ0v) is 29.8. The Morgan fingerprint density at radius 1 is 0.491 bits per heavy atom. The average molecular weight is 774 g/mol. The third-order valence-corrected chi connectivity index (χ3v) is 10.1. The van der Waals surface area contributed by atoms with E-state index < -0.39 is 52.8 Å². The molecule has 0 atom stereocenters. The van der Waals surface area contributed by atoms with Gasteiger partial charge in [0.05, 0.1) is 33.8 Å². The fourth-order valence-electron chi connectivity index (χ4n) is 5.69. The highest BCUT2D eigenvalue weighted by Gasteiger charge is 2.28. The molecule has 0 aliphatic rings. The Kier molecular flexibility index (Phi) is 9.60. The number of rotatable bonds is 9. The van der Waals surface area contributed by atoms with Gasteiger partial charge in [-0.05, 0) is 88.6 Å². The van der Waals surface area contributed by atoms with Crippen LogP contribution in [0.4, 0.5) is 39.8 Å². The molecule has 15 nitrogen and oxygen atoms in total. The molecule has 0 saturated carbocycles. The second-order valence-corrected chi connectivity index (χ2v) is 14.7. The number of anilines is 1. The molecule has 0 amide bonds. The molecule has 0 aromatic heterocycles. The van der Waals surface area contributed by atoms with Crippen LogP contribution in [0.2, 0.25) is 0 Å². The summed E-state index contributed by atoms with van der Waals surface area (Å²) in [4.78, 5) is -1.74. The maximum Gasteiger partial charge on any atom is 0.296 e. The van der Waals surface area contributed by atoms with Crippen LogP contribution in [0.3, 0.4) is 0 Å². The van der Waals surface area contributed by atoms with Crippen LogP contribution in [-0.2, 0) is 20.2 Å². The molecule has 55 heavy (non-hydrogen) atoms. The van der Waals surface area contributed by atoms with E-state index in [4.69, 9.17) is 5.73 Å². The predicted molar refractivity (Wildman–Crippen MR) is 206 cm³/mol. The smallest absolute Gasteiger partial charge is 0.296 e. The van der Waals surface area contributed by atoms with Gasteiger partial charge in [0, 0.05) is 5.39 Å². The van der Waals surface area contributed by atoms with E-state index >= 15 is 0 Å². The normalized spacial score (nSPS) is 12.5. The fraction of sp³-hybridized carbons (Fsp3) is 0. The van der Waals surface area contributed by atoms with Gasteiger partial charge in [-0.15, -0.1) is 15.3 Å². The van der Waals surface area contributed by atoms with E-state index in [2.05, 4.69) is 30.7 Å². The van der Waals surface area contributed by atoms with Gasteiger partial charge in [0.15, 0.2) is 5.75 Å². The minimum atomic E-state index is -5.08. The van der Waals surface area contributed by atoms with Crippen molar-refractivity contribution >= 4 is 81.6 Å². The SMILES string of the molecule is Nc1c(N=Nc2ccc(-c3ccc(N=Nc4ccc(O)cc4)cc3)cc2)c(S(=O)(=O)O)cc2cc(S(=O)(=O)O)c(N=Nc3cccc4ccccc34)c(O)c12. The average Bonchev–Trinajstić information content (AvgIpc) is 3.16. The molecule has 7 aromatic carbocycles. The molecule has 0 spiro atoms. The van der Waals surface area contributed by atoms with Crippen molar-refractivity contribution in [3.63, 3.8) is 0 Å². The molecule has 0 radical (unpaired) electrons. The standard InChI is InChI=1S/C38H27N7O8S2/c39-35-34-25(21-33(55(51,52)53)37(38(34)47)45-43-31-7-3-5-24-4-1-2-6-30(24)31)20-32(54(48,49)50)36(35)44-42-27-14-10-23(11-15-27)22-8-12-26(13-9-22)40-41-28-16-18-29(46)19-17-28/h1-21,46-47H,39H2,(H,48,49,50)(H,51,52,53). The number of nitrogens with two attached hydrogens (primary N) is 1. The van der Waals surface area contributed by atoms with Crippen LogP contribution in [0, 0.1) is 0 Å². The Morgan fingerprint density at radius 2 is 0.964 bits per heavy atom. The van der Waals surface area contributed by atoms with Gasteiger partial charge in [-0.3, -0.25) is 9.11 Å². The topological polar surface area (TPSA) is 249 Å². The van der Waals surface area contributed by atoms with Crippen molar-refractivity contribution in [2.75, 3.05) is 5.73 Å². The van der Waals surface area contributed by atoms with Crippen molar-refractivity contribution in [1.82, 2.24) is 0 Å². The lowest BCUT2D eigenvalue weighted by atomic mass is 10.0. The fourth-order valence-corrected chi connectivity index (χ4v) is 7.02. The molecule has 7 rings (SSSR count). The summed E-state index contributed by atoms with van der Waals surface area (Å²) in [5.41, 5.74) is 8.04.